The van der Waals surface area contributed by atoms with Gasteiger partial charge in [-0.05, 0) is 42.8 Å². The molecule has 0 aliphatic carbocycles. The van der Waals surface area contributed by atoms with Crippen LogP contribution in [0.25, 0.3) is 0 Å². The summed E-state index contributed by atoms with van der Waals surface area (Å²) < 4.78 is 11.2. The predicted molar refractivity (Wildman–Crippen MR) is 89.0 cm³/mol. The van der Waals surface area contributed by atoms with Gasteiger partial charge < -0.3 is 14.8 Å². The summed E-state index contributed by atoms with van der Waals surface area (Å²) in [5.41, 5.74) is 2.98. The number of amidine groups is 1. The lowest BCUT2D eigenvalue weighted by molar-refractivity contribution is 0.226. The molecule has 1 heterocycles. The number of halogens is 1. The van der Waals surface area contributed by atoms with Gasteiger partial charge in [-0.15, -0.1) is 0 Å². The Hall–Kier alpha value is -2.20. The molecule has 0 radical (unpaired) electrons. The van der Waals surface area contributed by atoms with Crippen molar-refractivity contribution in [3.05, 3.63) is 58.6 Å². The van der Waals surface area contributed by atoms with Crippen LogP contribution < -0.4 is 10.1 Å². The van der Waals surface area contributed by atoms with E-state index in [0.717, 1.165) is 22.6 Å². The van der Waals surface area contributed by atoms with Gasteiger partial charge in [-0.25, -0.2) is 4.99 Å². The molecule has 4 nitrogen and oxygen atoms in total. The summed E-state index contributed by atoms with van der Waals surface area (Å²) in [6.45, 7) is 2.62. The second-order valence-corrected chi connectivity index (χ2v) is 5.34. The van der Waals surface area contributed by atoms with Crippen molar-refractivity contribution in [3.8, 4) is 5.75 Å². The number of nitrogens with one attached hydrogen (secondary N) is 1. The molecule has 114 valence electrons. The number of methoxy groups -OCH3 is 1. The fourth-order valence-corrected chi connectivity index (χ4v) is 2.61. The zero-order valence-corrected chi connectivity index (χ0v) is 13.2. The number of fused-ring (bicyclic) bond motifs is 1. The number of anilines is 1. The molecule has 2 aromatic rings. The van der Waals surface area contributed by atoms with Crippen molar-refractivity contribution in [2.75, 3.05) is 19.0 Å². The molecule has 1 aliphatic heterocycles. The third kappa shape index (κ3) is 2.88. The summed E-state index contributed by atoms with van der Waals surface area (Å²) >= 11 is 6.14. The van der Waals surface area contributed by atoms with Gasteiger partial charge in [0.15, 0.2) is 6.10 Å². The van der Waals surface area contributed by atoms with Gasteiger partial charge in [-0.2, -0.15) is 0 Å². The molecule has 1 aliphatic rings. The van der Waals surface area contributed by atoms with Crippen LogP contribution >= 0.6 is 11.6 Å². The molecular formula is C17H17ClN2O2. The average Bonchev–Trinajstić information content (AvgIpc) is 2.55. The van der Waals surface area contributed by atoms with E-state index in [0.29, 0.717) is 17.6 Å². The Morgan fingerprint density at radius 1 is 1.23 bits per heavy atom. The third-order valence-electron chi connectivity index (χ3n) is 3.49. The summed E-state index contributed by atoms with van der Waals surface area (Å²) in [6, 6.07) is 14.1. The van der Waals surface area contributed by atoms with Gasteiger partial charge in [0.05, 0.1) is 7.11 Å². The molecule has 1 atom stereocenters. The van der Waals surface area contributed by atoms with E-state index in [1.165, 1.54) is 0 Å². The number of hydrogen-bond donors (Lipinski definition) is 1. The molecule has 5 heteroatoms. The van der Waals surface area contributed by atoms with Crippen molar-refractivity contribution in [1.82, 2.24) is 0 Å². The highest BCUT2D eigenvalue weighted by Crippen LogP contribution is 2.37. The zero-order valence-electron chi connectivity index (χ0n) is 12.5. The quantitative estimate of drug-likeness (QED) is 0.920. The molecule has 0 spiro atoms. The largest absolute Gasteiger partial charge is 0.497 e. The number of rotatable bonds is 3. The Bertz CT molecular complexity index is 698. The van der Waals surface area contributed by atoms with Crippen molar-refractivity contribution in [2.45, 2.75) is 13.0 Å². The standard InChI is InChI=1S/C17H17ClN2O2/c1-3-19-17-20-15-9-6-12(18)10-14(15)16(22-17)11-4-7-13(21-2)8-5-11/h4-10,16H,3H2,1-2H3,(H,19,20). The Labute approximate surface area is 134 Å². The fraction of sp³-hybridized carbons (Fsp3) is 0.235. The second kappa shape index (κ2) is 6.28. The number of ether oxygens (including phenoxy) is 2. The topological polar surface area (TPSA) is 42.9 Å². The van der Waals surface area contributed by atoms with Gasteiger partial charge >= 0.3 is 0 Å². The minimum atomic E-state index is -0.244. The van der Waals surface area contributed by atoms with Crippen molar-refractivity contribution in [2.24, 2.45) is 4.99 Å². The van der Waals surface area contributed by atoms with Crippen LogP contribution in [0, 0.1) is 0 Å². The van der Waals surface area contributed by atoms with Gasteiger partial charge in [0.1, 0.15) is 5.75 Å². The molecule has 22 heavy (non-hydrogen) atoms. The average molecular weight is 317 g/mol. The van der Waals surface area contributed by atoms with Crippen LogP contribution in [0.4, 0.5) is 5.69 Å². The fourth-order valence-electron chi connectivity index (χ4n) is 2.43. The third-order valence-corrected chi connectivity index (χ3v) is 3.72. The van der Waals surface area contributed by atoms with Crippen molar-refractivity contribution >= 4 is 23.3 Å². The highest BCUT2D eigenvalue weighted by atomic mass is 35.5. The lowest BCUT2D eigenvalue weighted by Crippen LogP contribution is -2.27. The van der Waals surface area contributed by atoms with E-state index in [1.807, 2.05) is 49.4 Å². The number of benzene rings is 2. The molecule has 0 fully saturated rings. The first-order valence-corrected chi connectivity index (χ1v) is 7.50. The Kier molecular flexibility index (Phi) is 4.20. The zero-order chi connectivity index (χ0) is 15.5. The predicted octanol–water partition coefficient (Wildman–Crippen LogP) is 4.26. The minimum Gasteiger partial charge on any atom is -0.497 e. The maximum atomic E-state index is 6.14. The van der Waals surface area contributed by atoms with Crippen LogP contribution in [0.3, 0.4) is 0 Å². The Morgan fingerprint density at radius 2 is 2.00 bits per heavy atom. The van der Waals surface area contributed by atoms with Crippen molar-refractivity contribution in [3.63, 3.8) is 0 Å². The van der Waals surface area contributed by atoms with Gasteiger partial charge in [-0.3, -0.25) is 0 Å². The molecular weight excluding hydrogens is 300 g/mol. The maximum absolute atomic E-state index is 6.14. The molecule has 0 bridgehead atoms. The van der Waals surface area contributed by atoms with E-state index >= 15 is 0 Å². The Balaban J connectivity index is 2.04. The second-order valence-electron chi connectivity index (χ2n) is 4.91. The number of nitrogens with zero attached hydrogens (tertiary/aromatic N) is 1. The maximum Gasteiger partial charge on any atom is 0.290 e. The van der Waals surface area contributed by atoms with Crippen LogP contribution in [-0.2, 0) is 4.74 Å². The smallest absolute Gasteiger partial charge is 0.290 e. The highest BCUT2D eigenvalue weighted by Gasteiger charge is 2.26. The van der Waals surface area contributed by atoms with E-state index in [-0.39, 0.29) is 6.10 Å². The lowest BCUT2D eigenvalue weighted by Gasteiger charge is -2.29. The SMILES string of the molecule is CCN=C1Nc2ccc(Cl)cc2C(c2ccc(OC)cc2)O1. The van der Waals surface area contributed by atoms with Crippen LogP contribution in [0.5, 0.6) is 5.75 Å². The lowest BCUT2D eigenvalue weighted by atomic mass is 9.98. The van der Waals surface area contributed by atoms with E-state index in [2.05, 4.69) is 10.3 Å². The van der Waals surface area contributed by atoms with Gasteiger partial charge in [-0.1, -0.05) is 23.7 Å². The number of aliphatic imine (C=N–C) groups is 1. The molecule has 3 rings (SSSR count). The minimum absolute atomic E-state index is 0.244. The first kappa shape index (κ1) is 14.7. The summed E-state index contributed by atoms with van der Waals surface area (Å²) in [4.78, 5) is 4.34. The van der Waals surface area contributed by atoms with Crippen molar-refractivity contribution < 1.29 is 9.47 Å². The molecule has 0 aromatic heterocycles. The van der Waals surface area contributed by atoms with Crippen LogP contribution in [0.1, 0.15) is 24.2 Å². The highest BCUT2D eigenvalue weighted by molar-refractivity contribution is 6.30. The summed E-state index contributed by atoms with van der Waals surface area (Å²) in [5.74, 6) is 0.812. The summed E-state index contributed by atoms with van der Waals surface area (Å²) in [5, 5.41) is 3.87. The van der Waals surface area contributed by atoms with Crippen molar-refractivity contribution in [1.29, 1.82) is 0 Å². The van der Waals surface area contributed by atoms with Crippen LogP contribution in [-0.4, -0.2) is 19.7 Å². The number of hydrogen-bond acceptors (Lipinski definition) is 3. The first-order valence-electron chi connectivity index (χ1n) is 7.12. The normalized spacial score (nSPS) is 18.3. The molecule has 1 unspecified atom stereocenters. The van der Waals surface area contributed by atoms with Crippen LogP contribution in [0.15, 0.2) is 47.5 Å². The van der Waals surface area contributed by atoms with Crippen LogP contribution in [0.2, 0.25) is 5.02 Å². The van der Waals surface area contributed by atoms with E-state index < -0.39 is 0 Å². The Morgan fingerprint density at radius 3 is 2.68 bits per heavy atom. The van der Waals surface area contributed by atoms with Gasteiger partial charge in [0.2, 0.25) is 0 Å². The summed E-state index contributed by atoms with van der Waals surface area (Å²) in [6.07, 6.45) is -0.244. The summed E-state index contributed by atoms with van der Waals surface area (Å²) in [7, 11) is 1.65. The van der Waals surface area contributed by atoms with E-state index in [1.54, 1.807) is 7.11 Å². The van der Waals surface area contributed by atoms with Gasteiger partial charge in [0, 0.05) is 22.8 Å². The molecule has 0 saturated carbocycles. The monoisotopic (exact) mass is 316 g/mol. The molecule has 0 amide bonds. The van der Waals surface area contributed by atoms with E-state index in [9.17, 15) is 0 Å². The molecule has 0 saturated heterocycles. The first-order chi connectivity index (χ1) is 10.7. The van der Waals surface area contributed by atoms with Gasteiger partial charge in [0.25, 0.3) is 6.02 Å². The molecule has 2 aromatic carbocycles. The molecule has 1 N–H and O–H groups in total. The van der Waals surface area contributed by atoms with E-state index in [4.69, 9.17) is 21.1 Å².